The molecule has 1 aromatic heterocycles. The smallest absolute Gasteiger partial charge is 0.328 e. The summed E-state index contributed by atoms with van der Waals surface area (Å²) < 4.78 is 5.23. The molecule has 1 aromatic rings. The Bertz CT molecular complexity index is 466. The number of carbonyl (C=O) groups excluding carboxylic acids is 1. The van der Waals surface area contributed by atoms with Crippen molar-refractivity contribution in [3.05, 3.63) is 30.1 Å². The molecule has 0 spiro atoms. The summed E-state index contributed by atoms with van der Waals surface area (Å²) in [4.78, 5) is 25.6. The molecule has 1 rings (SSSR count). The van der Waals surface area contributed by atoms with Gasteiger partial charge in [0.2, 0.25) is 0 Å². The molecule has 0 atom stereocenters. The van der Waals surface area contributed by atoms with Crippen molar-refractivity contribution in [3.8, 4) is 5.75 Å². The van der Waals surface area contributed by atoms with Gasteiger partial charge in [-0.15, -0.1) is 0 Å². The molecule has 0 unspecified atom stereocenters. The number of carbonyl (C=O) groups is 2. The molecule has 0 bridgehead atoms. The normalized spacial score (nSPS) is 10.7. The van der Waals surface area contributed by atoms with E-state index in [9.17, 15) is 9.59 Å². The van der Waals surface area contributed by atoms with E-state index >= 15 is 0 Å². The molecule has 6 heteroatoms. The van der Waals surface area contributed by atoms with Gasteiger partial charge in [-0.2, -0.15) is 0 Å². The minimum atomic E-state index is -1.03. The van der Waals surface area contributed by atoms with Crippen LogP contribution in [-0.2, 0) is 9.59 Å². The van der Waals surface area contributed by atoms with Gasteiger partial charge in [-0.1, -0.05) is 0 Å². The minimum Gasteiger partial charge on any atom is -0.482 e. The average Bonchev–Trinajstić information content (AvgIpc) is 2.34. The highest BCUT2D eigenvalue weighted by molar-refractivity contribution is 5.84. The lowest BCUT2D eigenvalue weighted by Crippen LogP contribution is -2.34. The summed E-state index contributed by atoms with van der Waals surface area (Å²) in [6.07, 6.45) is 3.81. The highest BCUT2D eigenvalue weighted by Crippen LogP contribution is 2.09. The van der Waals surface area contributed by atoms with Crippen LogP contribution in [-0.4, -0.2) is 34.6 Å². The average molecular weight is 264 g/mol. The zero-order valence-electron chi connectivity index (χ0n) is 10.8. The third kappa shape index (κ3) is 6.21. The SMILES string of the molecule is CC(C)NC(=O)COc1ccc(C=CC(=O)O)nc1. The molecule has 2 N–H and O–H groups in total. The van der Waals surface area contributed by atoms with Gasteiger partial charge in [0, 0.05) is 12.1 Å². The molecule has 1 amide bonds. The van der Waals surface area contributed by atoms with Gasteiger partial charge in [0.25, 0.3) is 5.91 Å². The van der Waals surface area contributed by atoms with E-state index in [0.717, 1.165) is 6.08 Å². The summed E-state index contributed by atoms with van der Waals surface area (Å²) >= 11 is 0. The van der Waals surface area contributed by atoms with E-state index in [-0.39, 0.29) is 18.6 Å². The molecular weight excluding hydrogens is 248 g/mol. The first-order valence-corrected chi connectivity index (χ1v) is 5.76. The Morgan fingerprint density at radius 2 is 2.21 bits per heavy atom. The van der Waals surface area contributed by atoms with Crippen LogP contribution in [0.3, 0.4) is 0 Å². The summed E-state index contributed by atoms with van der Waals surface area (Å²) in [5, 5.41) is 11.2. The quantitative estimate of drug-likeness (QED) is 0.751. The second-order valence-corrected chi connectivity index (χ2v) is 4.10. The summed E-state index contributed by atoms with van der Waals surface area (Å²) in [5.41, 5.74) is 0.501. The number of rotatable bonds is 6. The summed E-state index contributed by atoms with van der Waals surface area (Å²) in [7, 11) is 0. The maximum Gasteiger partial charge on any atom is 0.328 e. The van der Waals surface area contributed by atoms with Crippen LogP contribution in [0.15, 0.2) is 24.4 Å². The Labute approximate surface area is 111 Å². The number of carboxylic acid groups (broad SMARTS) is 1. The van der Waals surface area contributed by atoms with E-state index in [1.54, 1.807) is 12.1 Å². The van der Waals surface area contributed by atoms with Crippen molar-refractivity contribution < 1.29 is 19.4 Å². The zero-order valence-corrected chi connectivity index (χ0v) is 10.8. The van der Waals surface area contributed by atoms with Crippen molar-refractivity contribution in [2.45, 2.75) is 19.9 Å². The summed E-state index contributed by atoms with van der Waals surface area (Å²) in [6.45, 7) is 3.65. The van der Waals surface area contributed by atoms with E-state index in [4.69, 9.17) is 9.84 Å². The van der Waals surface area contributed by atoms with E-state index < -0.39 is 5.97 Å². The second kappa shape index (κ2) is 7.15. The van der Waals surface area contributed by atoms with Gasteiger partial charge in [0.05, 0.1) is 11.9 Å². The molecule has 1 heterocycles. The largest absolute Gasteiger partial charge is 0.482 e. The van der Waals surface area contributed by atoms with E-state index in [1.165, 1.54) is 12.3 Å². The fourth-order valence-corrected chi connectivity index (χ4v) is 1.24. The van der Waals surface area contributed by atoms with Crippen LogP contribution in [0.4, 0.5) is 0 Å². The number of amides is 1. The monoisotopic (exact) mass is 264 g/mol. The van der Waals surface area contributed by atoms with Gasteiger partial charge < -0.3 is 15.2 Å². The van der Waals surface area contributed by atoms with Gasteiger partial charge in [-0.25, -0.2) is 4.79 Å². The standard InChI is InChI=1S/C13H16N2O4/c1-9(2)15-12(16)8-19-11-5-3-10(14-7-11)4-6-13(17)18/h3-7,9H,8H2,1-2H3,(H,15,16)(H,17,18). The second-order valence-electron chi connectivity index (χ2n) is 4.10. The molecule has 0 saturated carbocycles. The van der Waals surface area contributed by atoms with Crippen molar-refractivity contribution in [1.82, 2.24) is 10.3 Å². The lowest BCUT2D eigenvalue weighted by Gasteiger charge is -2.09. The lowest BCUT2D eigenvalue weighted by molar-refractivity contribution is -0.131. The third-order valence-electron chi connectivity index (χ3n) is 1.98. The number of nitrogens with one attached hydrogen (secondary N) is 1. The van der Waals surface area contributed by atoms with Crippen LogP contribution in [0.25, 0.3) is 6.08 Å². The Kier molecular flexibility index (Phi) is 5.53. The van der Waals surface area contributed by atoms with E-state index in [1.807, 2.05) is 13.8 Å². The van der Waals surface area contributed by atoms with Crippen molar-refractivity contribution in [3.63, 3.8) is 0 Å². The van der Waals surface area contributed by atoms with E-state index in [0.29, 0.717) is 11.4 Å². The molecule has 0 fully saturated rings. The van der Waals surface area contributed by atoms with Crippen molar-refractivity contribution in [2.75, 3.05) is 6.61 Å². The number of aromatic nitrogens is 1. The van der Waals surface area contributed by atoms with Crippen LogP contribution < -0.4 is 10.1 Å². The van der Waals surface area contributed by atoms with Crippen molar-refractivity contribution >= 4 is 18.0 Å². The Balaban J connectivity index is 2.48. The fourth-order valence-electron chi connectivity index (χ4n) is 1.24. The van der Waals surface area contributed by atoms with Crippen LogP contribution in [0.1, 0.15) is 19.5 Å². The van der Waals surface area contributed by atoms with Gasteiger partial charge in [-0.3, -0.25) is 9.78 Å². The summed E-state index contributed by atoms with van der Waals surface area (Å²) in [5.74, 6) is -0.788. The fraction of sp³-hybridized carbons (Fsp3) is 0.308. The van der Waals surface area contributed by atoms with E-state index in [2.05, 4.69) is 10.3 Å². The number of ether oxygens (including phenoxy) is 1. The Morgan fingerprint density at radius 1 is 1.47 bits per heavy atom. The first-order chi connectivity index (χ1) is 8.97. The number of hydrogen-bond acceptors (Lipinski definition) is 4. The molecule has 0 aliphatic carbocycles. The van der Waals surface area contributed by atoms with Gasteiger partial charge in [-0.05, 0) is 32.1 Å². The number of hydrogen-bond donors (Lipinski definition) is 2. The predicted octanol–water partition coefficient (Wildman–Crippen LogP) is 1.08. The van der Waals surface area contributed by atoms with Crippen LogP contribution in [0.2, 0.25) is 0 Å². The molecule has 19 heavy (non-hydrogen) atoms. The number of aliphatic carboxylic acids is 1. The Hall–Kier alpha value is -2.37. The van der Waals surface area contributed by atoms with Crippen LogP contribution >= 0.6 is 0 Å². The van der Waals surface area contributed by atoms with Gasteiger partial charge in [0.1, 0.15) is 5.75 Å². The molecule has 0 aromatic carbocycles. The first kappa shape index (κ1) is 14.7. The first-order valence-electron chi connectivity index (χ1n) is 5.76. The van der Waals surface area contributed by atoms with Crippen molar-refractivity contribution in [1.29, 1.82) is 0 Å². The maximum atomic E-state index is 11.3. The molecule has 0 aliphatic rings. The lowest BCUT2D eigenvalue weighted by atomic mass is 10.3. The predicted molar refractivity (Wildman–Crippen MR) is 69.7 cm³/mol. The molecule has 0 aliphatic heterocycles. The molecule has 6 nitrogen and oxygen atoms in total. The topological polar surface area (TPSA) is 88.5 Å². The number of pyridine rings is 1. The number of nitrogens with zero attached hydrogens (tertiary/aromatic N) is 1. The Morgan fingerprint density at radius 3 is 2.74 bits per heavy atom. The molecule has 0 radical (unpaired) electrons. The summed E-state index contributed by atoms with van der Waals surface area (Å²) in [6, 6.07) is 3.30. The maximum absolute atomic E-state index is 11.3. The molecule has 102 valence electrons. The highest BCUT2D eigenvalue weighted by atomic mass is 16.5. The van der Waals surface area contributed by atoms with Gasteiger partial charge in [0.15, 0.2) is 6.61 Å². The minimum absolute atomic E-state index is 0.0674. The third-order valence-corrected chi connectivity index (χ3v) is 1.98. The zero-order chi connectivity index (χ0) is 14.3. The highest BCUT2D eigenvalue weighted by Gasteiger charge is 2.04. The molecular formula is C13H16N2O4. The molecule has 0 saturated heterocycles. The van der Waals surface area contributed by atoms with Crippen molar-refractivity contribution in [2.24, 2.45) is 0 Å². The van der Waals surface area contributed by atoms with Crippen LogP contribution in [0, 0.1) is 0 Å². The van der Waals surface area contributed by atoms with Crippen LogP contribution in [0.5, 0.6) is 5.75 Å². The van der Waals surface area contributed by atoms with Gasteiger partial charge >= 0.3 is 5.97 Å². The number of carboxylic acids is 1.